The van der Waals surface area contributed by atoms with E-state index in [1.54, 1.807) is 6.26 Å². The Balaban J connectivity index is 1.76. The first-order valence-electron chi connectivity index (χ1n) is 7.33. The second kappa shape index (κ2) is 7.87. The van der Waals surface area contributed by atoms with E-state index in [4.69, 9.17) is 9.15 Å². The maximum absolute atomic E-state index is 10.0. The summed E-state index contributed by atoms with van der Waals surface area (Å²) in [6.45, 7) is 1.17. The third-order valence-corrected chi connectivity index (χ3v) is 3.43. The van der Waals surface area contributed by atoms with Crippen molar-refractivity contribution in [3.05, 3.63) is 48.4 Å². The Bertz CT molecular complexity index is 538. The molecule has 0 aliphatic rings. The predicted molar refractivity (Wildman–Crippen MR) is 88.4 cm³/mol. The van der Waals surface area contributed by atoms with Gasteiger partial charge in [0.05, 0.1) is 19.0 Å². The lowest BCUT2D eigenvalue weighted by atomic mass is 10.2. The molecule has 22 heavy (non-hydrogen) atoms. The molecule has 0 saturated carbocycles. The number of likely N-dealkylation sites (N-methyl/N-ethyl adjacent to an activating group) is 1. The highest BCUT2D eigenvalue weighted by molar-refractivity contribution is 5.55. The van der Waals surface area contributed by atoms with Crippen LogP contribution in [0.25, 0.3) is 0 Å². The van der Waals surface area contributed by atoms with Gasteiger partial charge in [-0.15, -0.1) is 0 Å². The van der Waals surface area contributed by atoms with E-state index >= 15 is 0 Å². The molecule has 1 unspecified atom stereocenters. The molecule has 5 heteroatoms. The van der Waals surface area contributed by atoms with Gasteiger partial charge < -0.3 is 24.1 Å². The minimum atomic E-state index is -0.548. The van der Waals surface area contributed by atoms with Crippen molar-refractivity contribution < 1.29 is 14.3 Å². The molecule has 0 amide bonds. The summed E-state index contributed by atoms with van der Waals surface area (Å²) in [5.41, 5.74) is 2.22. The zero-order valence-electron chi connectivity index (χ0n) is 13.4. The Morgan fingerprint density at radius 3 is 2.36 bits per heavy atom. The largest absolute Gasteiger partial charge is 0.467 e. The molecular weight excluding hydrogens is 280 g/mol. The molecule has 0 bridgehead atoms. The summed E-state index contributed by atoms with van der Waals surface area (Å²) in [7, 11) is 5.98. The first-order chi connectivity index (χ1) is 10.6. The maximum atomic E-state index is 10.0. The SMILES string of the molecule is CN(C)c1ccc(N(C)CC(O)COCc2ccco2)cc1. The van der Waals surface area contributed by atoms with E-state index < -0.39 is 6.10 Å². The Morgan fingerprint density at radius 1 is 1.09 bits per heavy atom. The van der Waals surface area contributed by atoms with Crippen molar-refractivity contribution in [1.29, 1.82) is 0 Å². The Morgan fingerprint density at radius 2 is 1.77 bits per heavy atom. The zero-order valence-corrected chi connectivity index (χ0v) is 13.4. The van der Waals surface area contributed by atoms with Gasteiger partial charge >= 0.3 is 0 Å². The van der Waals surface area contributed by atoms with Crippen LogP contribution < -0.4 is 9.80 Å². The minimum Gasteiger partial charge on any atom is -0.467 e. The van der Waals surface area contributed by atoms with Crippen molar-refractivity contribution in [2.75, 3.05) is 44.1 Å². The molecule has 0 spiro atoms. The van der Waals surface area contributed by atoms with Gasteiger partial charge in [0.15, 0.2) is 0 Å². The van der Waals surface area contributed by atoms with Crippen LogP contribution in [-0.2, 0) is 11.3 Å². The Hall–Kier alpha value is -1.98. The van der Waals surface area contributed by atoms with E-state index in [-0.39, 0.29) is 6.61 Å². The number of anilines is 2. The van der Waals surface area contributed by atoms with Gasteiger partial charge in [0, 0.05) is 39.1 Å². The first kappa shape index (κ1) is 16.4. The van der Waals surface area contributed by atoms with Gasteiger partial charge in [-0.2, -0.15) is 0 Å². The number of benzene rings is 1. The summed E-state index contributed by atoms with van der Waals surface area (Å²) < 4.78 is 10.6. The van der Waals surface area contributed by atoms with Gasteiger partial charge in [-0.1, -0.05) is 0 Å². The number of rotatable bonds is 8. The molecule has 5 nitrogen and oxygen atoms in total. The number of nitrogens with zero attached hydrogens (tertiary/aromatic N) is 2. The number of furan rings is 1. The molecule has 0 fully saturated rings. The molecule has 0 saturated heterocycles. The van der Waals surface area contributed by atoms with E-state index in [9.17, 15) is 5.11 Å². The van der Waals surface area contributed by atoms with Crippen molar-refractivity contribution in [3.63, 3.8) is 0 Å². The summed E-state index contributed by atoms with van der Waals surface area (Å²) >= 11 is 0. The number of hydrogen-bond acceptors (Lipinski definition) is 5. The number of aliphatic hydroxyl groups is 1. The van der Waals surface area contributed by atoms with Crippen LogP contribution in [0.15, 0.2) is 47.1 Å². The van der Waals surface area contributed by atoms with Gasteiger partial charge in [0.2, 0.25) is 0 Å². The summed E-state index contributed by atoms with van der Waals surface area (Å²) in [6, 6.07) is 11.9. The van der Waals surface area contributed by atoms with Crippen molar-refractivity contribution in [3.8, 4) is 0 Å². The summed E-state index contributed by atoms with van der Waals surface area (Å²) in [6.07, 6.45) is 1.06. The van der Waals surface area contributed by atoms with Crippen LogP contribution in [0.2, 0.25) is 0 Å². The second-order valence-electron chi connectivity index (χ2n) is 5.54. The lowest BCUT2D eigenvalue weighted by molar-refractivity contribution is 0.0260. The molecule has 1 atom stereocenters. The predicted octanol–water partition coefficient (Wildman–Crippen LogP) is 2.36. The fourth-order valence-electron chi connectivity index (χ4n) is 2.17. The van der Waals surface area contributed by atoms with Gasteiger partial charge in [0.1, 0.15) is 12.4 Å². The van der Waals surface area contributed by atoms with Crippen molar-refractivity contribution in [2.24, 2.45) is 0 Å². The Labute approximate surface area is 131 Å². The second-order valence-corrected chi connectivity index (χ2v) is 5.54. The average Bonchev–Trinajstić information content (AvgIpc) is 3.00. The molecule has 1 N–H and O–H groups in total. The molecule has 0 aliphatic heterocycles. The highest BCUT2D eigenvalue weighted by atomic mass is 16.5. The van der Waals surface area contributed by atoms with Gasteiger partial charge in [-0.3, -0.25) is 0 Å². The molecular formula is C17H24N2O3. The molecule has 1 heterocycles. The lowest BCUT2D eigenvalue weighted by Gasteiger charge is -2.23. The molecule has 2 aromatic rings. The molecule has 0 aliphatic carbocycles. The highest BCUT2D eigenvalue weighted by Gasteiger charge is 2.10. The van der Waals surface area contributed by atoms with Crippen molar-refractivity contribution in [1.82, 2.24) is 0 Å². The standard InChI is InChI=1S/C17H24N2O3/c1-18(2)14-6-8-15(9-7-14)19(3)11-16(20)12-21-13-17-5-4-10-22-17/h4-10,16,20H,11-13H2,1-3H3. The number of ether oxygens (including phenoxy) is 1. The normalized spacial score (nSPS) is 12.2. The van der Waals surface area contributed by atoms with Crippen LogP contribution in [0, 0.1) is 0 Å². The van der Waals surface area contributed by atoms with Crippen LogP contribution in [0.4, 0.5) is 11.4 Å². The quantitative estimate of drug-likeness (QED) is 0.811. The van der Waals surface area contributed by atoms with Gasteiger partial charge in [0.25, 0.3) is 0 Å². The van der Waals surface area contributed by atoms with Crippen LogP contribution in [0.5, 0.6) is 0 Å². The van der Waals surface area contributed by atoms with E-state index in [2.05, 4.69) is 17.0 Å². The number of aliphatic hydroxyl groups excluding tert-OH is 1. The molecule has 1 aromatic carbocycles. The fourth-order valence-corrected chi connectivity index (χ4v) is 2.17. The van der Waals surface area contributed by atoms with E-state index in [1.165, 1.54) is 0 Å². The van der Waals surface area contributed by atoms with Crippen molar-refractivity contribution in [2.45, 2.75) is 12.7 Å². The van der Waals surface area contributed by atoms with E-state index in [0.717, 1.165) is 17.1 Å². The van der Waals surface area contributed by atoms with Crippen LogP contribution in [0.3, 0.4) is 0 Å². The molecule has 0 radical (unpaired) electrons. The minimum absolute atomic E-state index is 0.279. The Kier molecular flexibility index (Phi) is 5.86. The van der Waals surface area contributed by atoms with Gasteiger partial charge in [-0.05, 0) is 36.4 Å². The lowest BCUT2D eigenvalue weighted by Crippen LogP contribution is -2.32. The van der Waals surface area contributed by atoms with Crippen molar-refractivity contribution >= 4 is 11.4 Å². The molecule has 2 rings (SSSR count). The van der Waals surface area contributed by atoms with Crippen LogP contribution >= 0.6 is 0 Å². The molecule has 120 valence electrons. The zero-order chi connectivity index (χ0) is 15.9. The fraction of sp³-hybridized carbons (Fsp3) is 0.412. The summed E-state index contributed by atoms with van der Waals surface area (Å²) in [4.78, 5) is 4.07. The van der Waals surface area contributed by atoms with E-state index in [1.807, 2.05) is 50.3 Å². The average molecular weight is 304 g/mol. The molecule has 1 aromatic heterocycles. The van der Waals surface area contributed by atoms with E-state index in [0.29, 0.717) is 13.2 Å². The highest BCUT2D eigenvalue weighted by Crippen LogP contribution is 2.18. The van der Waals surface area contributed by atoms with Crippen LogP contribution in [0.1, 0.15) is 5.76 Å². The smallest absolute Gasteiger partial charge is 0.129 e. The van der Waals surface area contributed by atoms with Crippen LogP contribution in [-0.4, -0.2) is 45.5 Å². The third-order valence-electron chi connectivity index (χ3n) is 3.43. The first-order valence-corrected chi connectivity index (χ1v) is 7.33. The topological polar surface area (TPSA) is 49.1 Å². The monoisotopic (exact) mass is 304 g/mol. The maximum Gasteiger partial charge on any atom is 0.129 e. The van der Waals surface area contributed by atoms with Gasteiger partial charge in [-0.25, -0.2) is 0 Å². The third kappa shape index (κ3) is 4.79. The summed E-state index contributed by atoms with van der Waals surface area (Å²) in [5.74, 6) is 0.764. The summed E-state index contributed by atoms with van der Waals surface area (Å²) in [5, 5.41) is 10.0. The number of hydrogen-bond donors (Lipinski definition) is 1.